The Morgan fingerprint density at radius 3 is 1.80 bits per heavy atom. The van der Waals surface area contributed by atoms with Crippen LogP contribution in [0.1, 0.15) is 12.5 Å². The molecule has 0 aliphatic rings. The molecule has 0 aliphatic carbocycles. The van der Waals surface area contributed by atoms with Crippen molar-refractivity contribution in [2.24, 2.45) is 5.73 Å². The van der Waals surface area contributed by atoms with E-state index in [1.54, 1.807) is 0 Å². The van der Waals surface area contributed by atoms with Crippen LogP contribution in [0.25, 0.3) is 0 Å². The van der Waals surface area contributed by atoms with Crippen molar-refractivity contribution in [1.82, 2.24) is 0 Å². The summed E-state index contributed by atoms with van der Waals surface area (Å²) in [5.41, 5.74) is 4.57. The molecule has 1 aromatic rings. The van der Waals surface area contributed by atoms with Crippen molar-refractivity contribution < 1.29 is 17.6 Å². The molecule has 1 atom stereocenters. The van der Waals surface area contributed by atoms with Crippen molar-refractivity contribution in [2.45, 2.75) is 19.4 Å². The molecule has 0 aliphatic heterocycles. The minimum absolute atomic E-state index is 0.303. The molecule has 0 saturated carbocycles. The van der Waals surface area contributed by atoms with Gasteiger partial charge in [0, 0.05) is 11.6 Å². The second kappa shape index (κ2) is 4.37. The minimum Gasteiger partial charge on any atom is -0.328 e. The molecule has 0 heterocycles. The predicted octanol–water partition coefficient (Wildman–Crippen LogP) is 2.79. The molecule has 0 amide bonds. The van der Waals surface area contributed by atoms with Crippen LogP contribution in [0, 0.1) is 23.3 Å². The van der Waals surface area contributed by atoms with E-state index in [-0.39, 0.29) is 6.42 Å². The Morgan fingerprint density at radius 2 is 1.47 bits per heavy atom. The van der Waals surface area contributed by atoms with Crippen LogP contribution < -0.4 is 5.73 Å². The third kappa shape index (κ3) is 2.23. The highest BCUT2D eigenvalue weighted by atomic mass is 35.5. The second-order valence-corrected chi connectivity index (χ2v) is 3.61. The van der Waals surface area contributed by atoms with E-state index < -0.39 is 39.9 Å². The molecular weight excluding hydrogens is 234 g/mol. The largest absolute Gasteiger partial charge is 0.328 e. The van der Waals surface area contributed by atoms with Crippen molar-refractivity contribution in [3.63, 3.8) is 0 Å². The summed E-state index contributed by atoms with van der Waals surface area (Å²) in [6, 6.07) is -0.617. The normalized spacial score (nSPS) is 13.0. The van der Waals surface area contributed by atoms with E-state index in [0.29, 0.717) is 0 Å². The van der Waals surface area contributed by atoms with Gasteiger partial charge in [-0.3, -0.25) is 0 Å². The third-order valence-corrected chi connectivity index (χ3v) is 2.16. The maximum atomic E-state index is 13.1. The van der Waals surface area contributed by atoms with Crippen LogP contribution in [0.5, 0.6) is 0 Å². The highest BCUT2D eigenvalue weighted by Crippen LogP contribution is 2.28. The topological polar surface area (TPSA) is 26.0 Å². The summed E-state index contributed by atoms with van der Waals surface area (Å²) >= 11 is 5.04. The molecule has 1 aromatic carbocycles. The maximum absolute atomic E-state index is 13.1. The van der Waals surface area contributed by atoms with E-state index in [1.165, 1.54) is 6.92 Å². The molecule has 0 bridgehead atoms. The van der Waals surface area contributed by atoms with Gasteiger partial charge in [-0.15, -0.1) is 0 Å². The van der Waals surface area contributed by atoms with E-state index in [1.807, 2.05) is 0 Å². The molecule has 1 nitrogen and oxygen atoms in total. The van der Waals surface area contributed by atoms with E-state index >= 15 is 0 Å². The monoisotopic (exact) mass is 241 g/mol. The molecule has 1 rings (SSSR count). The highest BCUT2D eigenvalue weighted by molar-refractivity contribution is 6.30. The molecule has 2 N–H and O–H groups in total. The zero-order chi connectivity index (χ0) is 11.7. The molecule has 0 aromatic heterocycles. The van der Waals surface area contributed by atoms with Crippen LogP contribution in [0.4, 0.5) is 17.6 Å². The van der Waals surface area contributed by atoms with Gasteiger partial charge in [0.05, 0.1) is 0 Å². The Labute approximate surface area is 88.8 Å². The Hall–Kier alpha value is -0.810. The lowest BCUT2D eigenvalue weighted by atomic mass is 10.1. The van der Waals surface area contributed by atoms with Crippen molar-refractivity contribution in [3.8, 4) is 0 Å². The Balaban J connectivity index is 3.39. The summed E-state index contributed by atoms with van der Waals surface area (Å²) in [6.45, 7) is 1.46. The fourth-order valence-corrected chi connectivity index (χ4v) is 1.32. The first-order valence-electron chi connectivity index (χ1n) is 4.12. The van der Waals surface area contributed by atoms with Gasteiger partial charge in [0.1, 0.15) is 5.02 Å². The van der Waals surface area contributed by atoms with Gasteiger partial charge in [0.25, 0.3) is 0 Å². The molecule has 84 valence electrons. The Bertz CT molecular complexity index is 363. The van der Waals surface area contributed by atoms with Crippen molar-refractivity contribution in [1.29, 1.82) is 0 Å². The zero-order valence-electron chi connectivity index (χ0n) is 7.75. The molecule has 0 spiro atoms. The fourth-order valence-electron chi connectivity index (χ4n) is 1.15. The van der Waals surface area contributed by atoms with E-state index in [0.717, 1.165) is 0 Å². The Kier molecular flexibility index (Phi) is 3.57. The number of nitrogens with two attached hydrogens (primary N) is 1. The first-order chi connectivity index (χ1) is 6.86. The average molecular weight is 242 g/mol. The van der Waals surface area contributed by atoms with Gasteiger partial charge in [-0.1, -0.05) is 11.6 Å². The summed E-state index contributed by atoms with van der Waals surface area (Å²) in [5.74, 6) is -6.16. The fraction of sp³-hybridized carbons (Fsp3) is 0.333. The second-order valence-electron chi connectivity index (χ2n) is 3.23. The van der Waals surface area contributed by atoms with E-state index in [2.05, 4.69) is 0 Å². The van der Waals surface area contributed by atoms with Crippen LogP contribution in [0.15, 0.2) is 0 Å². The first kappa shape index (κ1) is 12.3. The number of hydrogen-bond donors (Lipinski definition) is 1. The Morgan fingerprint density at radius 1 is 1.07 bits per heavy atom. The quantitative estimate of drug-likeness (QED) is 0.481. The van der Waals surface area contributed by atoms with Gasteiger partial charge < -0.3 is 5.73 Å². The summed E-state index contributed by atoms with van der Waals surface area (Å²) < 4.78 is 52.1. The number of halogens is 5. The molecule has 6 heteroatoms. The number of hydrogen-bond acceptors (Lipinski definition) is 1. The zero-order valence-corrected chi connectivity index (χ0v) is 8.51. The predicted molar refractivity (Wildman–Crippen MR) is 48.6 cm³/mol. The lowest BCUT2D eigenvalue weighted by molar-refractivity contribution is 0.435. The summed E-state index contributed by atoms with van der Waals surface area (Å²) in [6.07, 6.45) is -0.303. The van der Waals surface area contributed by atoms with Gasteiger partial charge in [-0.2, -0.15) is 0 Å². The van der Waals surface area contributed by atoms with Crippen molar-refractivity contribution >= 4 is 11.6 Å². The van der Waals surface area contributed by atoms with Gasteiger partial charge in [-0.05, 0) is 13.3 Å². The van der Waals surface area contributed by atoms with Crippen LogP contribution in [0.2, 0.25) is 5.02 Å². The first-order valence-corrected chi connectivity index (χ1v) is 4.50. The van der Waals surface area contributed by atoms with Gasteiger partial charge in [-0.25, -0.2) is 17.6 Å². The molecular formula is C9H8ClF4N. The van der Waals surface area contributed by atoms with Crippen molar-refractivity contribution in [2.75, 3.05) is 0 Å². The smallest absolute Gasteiger partial charge is 0.180 e. The average Bonchev–Trinajstić information content (AvgIpc) is 2.18. The lowest BCUT2D eigenvalue weighted by Gasteiger charge is -2.10. The summed E-state index contributed by atoms with van der Waals surface area (Å²) in [7, 11) is 0. The van der Waals surface area contributed by atoms with E-state index in [9.17, 15) is 17.6 Å². The van der Waals surface area contributed by atoms with Crippen LogP contribution in [0.3, 0.4) is 0 Å². The molecule has 0 fully saturated rings. The molecule has 0 saturated heterocycles. The summed E-state index contributed by atoms with van der Waals surface area (Å²) in [4.78, 5) is 0. The van der Waals surface area contributed by atoms with Crippen LogP contribution >= 0.6 is 11.6 Å². The van der Waals surface area contributed by atoms with Crippen LogP contribution in [-0.2, 0) is 6.42 Å². The van der Waals surface area contributed by atoms with Crippen molar-refractivity contribution in [3.05, 3.63) is 33.9 Å². The van der Waals surface area contributed by atoms with Gasteiger partial charge in [0.2, 0.25) is 0 Å². The third-order valence-electron chi connectivity index (χ3n) is 1.83. The van der Waals surface area contributed by atoms with Gasteiger partial charge in [0.15, 0.2) is 23.3 Å². The van der Waals surface area contributed by atoms with E-state index in [4.69, 9.17) is 17.3 Å². The SMILES string of the molecule is CC(N)Cc1c(F)c(F)c(Cl)c(F)c1F. The lowest BCUT2D eigenvalue weighted by Crippen LogP contribution is -2.20. The maximum Gasteiger partial charge on any atom is 0.180 e. The van der Waals surface area contributed by atoms with Gasteiger partial charge >= 0.3 is 0 Å². The molecule has 0 radical (unpaired) electrons. The molecule has 15 heavy (non-hydrogen) atoms. The number of benzene rings is 1. The highest BCUT2D eigenvalue weighted by Gasteiger charge is 2.24. The minimum atomic E-state index is -1.59. The van der Waals surface area contributed by atoms with Crippen LogP contribution in [-0.4, -0.2) is 6.04 Å². The summed E-state index contributed by atoms with van der Waals surface area (Å²) in [5, 5.41) is -1.18. The molecule has 1 unspecified atom stereocenters. The number of rotatable bonds is 2. The standard InChI is InChI=1S/C9H8ClF4N/c1-3(15)2-4-6(11)8(13)5(10)9(14)7(4)12/h3H,2,15H2,1H3.